The molecule has 1 heterocycles. The van der Waals surface area contributed by atoms with Crippen molar-refractivity contribution in [3.05, 3.63) is 29.8 Å². The summed E-state index contributed by atoms with van der Waals surface area (Å²) in [7, 11) is 0. The molecular formula is C14H20N2O2. The molecule has 3 N–H and O–H groups in total. The third-order valence-corrected chi connectivity index (χ3v) is 3.50. The first-order valence-electron chi connectivity index (χ1n) is 6.39. The molecule has 0 aliphatic carbocycles. The molecule has 1 aromatic carbocycles. The van der Waals surface area contributed by atoms with Crippen LogP contribution in [0.4, 0.5) is 0 Å². The number of benzene rings is 1. The maximum Gasteiger partial charge on any atom is 0.227 e. The van der Waals surface area contributed by atoms with Crippen molar-refractivity contribution >= 4 is 5.91 Å². The van der Waals surface area contributed by atoms with Crippen LogP contribution < -0.4 is 5.73 Å². The van der Waals surface area contributed by atoms with E-state index in [-0.39, 0.29) is 23.7 Å². The molecule has 1 fully saturated rings. The SMILES string of the molecule is CC1CC(N)CCN1C(=O)Cc1cccc(O)c1. The minimum absolute atomic E-state index is 0.111. The van der Waals surface area contributed by atoms with Crippen LogP contribution >= 0.6 is 0 Å². The van der Waals surface area contributed by atoms with Crippen molar-refractivity contribution in [1.29, 1.82) is 0 Å². The third kappa shape index (κ3) is 3.01. The van der Waals surface area contributed by atoms with Crippen molar-refractivity contribution in [2.75, 3.05) is 6.54 Å². The summed E-state index contributed by atoms with van der Waals surface area (Å²) in [6, 6.07) is 7.28. The van der Waals surface area contributed by atoms with Gasteiger partial charge in [0.1, 0.15) is 5.75 Å². The number of hydrogen-bond acceptors (Lipinski definition) is 3. The van der Waals surface area contributed by atoms with Gasteiger partial charge >= 0.3 is 0 Å². The molecule has 0 spiro atoms. The van der Waals surface area contributed by atoms with Crippen LogP contribution in [0.5, 0.6) is 5.75 Å². The van der Waals surface area contributed by atoms with Gasteiger partial charge in [0.25, 0.3) is 0 Å². The molecule has 18 heavy (non-hydrogen) atoms. The second-order valence-electron chi connectivity index (χ2n) is 5.07. The number of hydrogen-bond donors (Lipinski definition) is 2. The van der Waals surface area contributed by atoms with E-state index >= 15 is 0 Å². The van der Waals surface area contributed by atoms with Gasteiger partial charge in [-0.05, 0) is 37.5 Å². The van der Waals surface area contributed by atoms with Gasteiger partial charge in [0.2, 0.25) is 5.91 Å². The van der Waals surface area contributed by atoms with Crippen LogP contribution in [-0.4, -0.2) is 34.5 Å². The van der Waals surface area contributed by atoms with Crippen LogP contribution in [0.3, 0.4) is 0 Å². The lowest BCUT2D eigenvalue weighted by atomic mass is 9.98. The molecule has 2 unspecified atom stereocenters. The number of piperidine rings is 1. The average molecular weight is 248 g/mol. The lowest BCUT2D eigenvalue weighted by Crippen LogP contribution is -2.48. The van der Waals surface area contributed by atoms with Crippen LogP contribution in [0.25, 0.3) is 0 Å². The van der Waals surface area contributed by atoms with Crippen LogP contribution in [-0.2, 0) is 11.2 Å². The van der Waals surface area contributed by atoms with E-state index in [1.807, 2.05) is 17.9 Å². The molecule has 4 heteroatoms. The number of aromatic hydroxyl groups is 1. The molecular weight excluding hydrogens is 228 g/mol. The van der Waals surface area contributed by atoms with Gasteiger partial charge in [-0.25, -0.2) is 0 Å². The molecule has 1 amide bonds. The Kier molecular flexibility index (Phi) is 3.87. The fraction of sp³-hybridized carbons (Fsp3) is 0.500. The summed E-state index contributed by atoms with van der Waals surface area (Å²) < 4.78 is 0. The lowest BCUT2D eigenvalue weighted by Gasteiger charge is -2.36. The molecule has 0 saturated carbocycles. The standard InChI is InChI=1S/C14H20N2O2/c1-10-7-12(15)5-6-16(10)14(18)9-11-3-2-4-13(17)8-11/h2-4,8,10,12,17H,5-7,9,15H2,1H3. The van der Waals surface area contributed by atoms with Crippen LogP contribution in [0.1, 0.15) is 25.3 Å². The highest BCUT2D eigenvalue weighted by molar-refractivity contribution is 5.79. The molecule has 4 nitrogen and oxygen atoms in total. The molecule has 2 atom stereocenters. The summed E-state index contributed by atoms with van der Waals surface area (Å²) in [5.41, 5.74) is 6.74. The first-order chi connectivity index (χ1) is 8.56. The first-order valence-corrected chi connectivity index (χ1v) is 6.39. The summed E-state index contributed by atoms with van der Waals surface area (Å²) >= 11 is 0. The fourth-order valence-electron chi connectivity index (χ4n) is 2.52. The topological polar surface area (TPSA) is 66.6 Å². The summed E-state index contributed by atoms with van der Waals surface area (Å²) in [5.74, 6) is 0.314. The fourth-order valence-corrected chi connectivity index (χ4v) is 2.52. The molecule has 0 radical (unpaired) electrons. The highest BCUT2D eigenvalue weighted by Crippen LogP contribution is 2.18. The van der Waals surface area contributed by atoms with Crippen LogP contribution in [0.2, 0.25) is 0 Å². The van der Waals surface area contributed by atoms with Crippen LogP contribution in [0, 0.1) is 0 Å². The van der Waals surface area contributed by atoms with E-state index in [0.717, 1.165) is 24.9 Å². The van der Waals surface area contributed by atoms with E-state index in [2.05, 4.69) is 0 Å². The number of nitrogens with two attached hydrogens (primary N) is 1. The molecule has 0 bridgehead atoms. The summed E-state index contributed by atoms with van der Waals surface area (Å²) in [4.78, 5) is 14.1. The van der Waals surface area contributed by atoms with E-state index < -0.39 is 0 Å². The van der Waals surface area contributed by atoms with Gasteiger partial charge in [-0.3, -0.25) is 4.79 Å². The monoisotopic (exact) mass is 248 g/mol. The minimum atomic E-state index is 0.111. The smallest absolute Gasteiger partial charge is 0.227 e. The van der Waals surface area contributed by atoms with Gasteiger partial charge in [-0.2, -0.15) is 0 Å². The van der Waals surface area contributed by atoms with Gasteiger partial charge < -0.3 is 15.7 Å². The van der Waals surface area contributed by atoms with Gasteiger partial charge in [0, 0.05) is 18.6 Å². The highest BCUT2D eigenvalue weighted by atomic mass is 16.3. The van der Waals surface area contributed by atoms with Gasteiger partial charge in [0.05, 0.1) is 6.42 Å². The number of phenols is 1. The van der Waals surface area contributed by atoms with Gasteiger partial charge in [0.15, 0.2) is 0 Å². The number of likely N-dealkylation sites (tertiary alicyclic amines) is 1. The Hall–Kier alpha value is -1.55. The number of carbonyl (C=O) groups excluding carboxylic acids is 1. The molecule has 2 rings (SSSR count). The Labute approximate surface area is 107 Å². The zero-order chi connectivity index (χ0) is 13.1. The number of amides is 1. The molecule has 1 aromatic rings. The highest BCUT2D eigenvalue weighted by Gasteiger charge is 2.26. The molecule has 98 valence electrons. The van der Waals surface area contributed by atoms with E-state index in [1.54, 1.807) is 18.2 Å². The van der Waals surface area contributed by atoms with Crippen molar-refractivity contribution in [2.45, 2.75) is 38.3 Å². The minimum Gasteiger partial charge on any atom is -0.508 e. The molecule has 1 aliphatic heterocycles. The van der Waals surface area contributed by atoms with Crippen molar-refractivity contribution in [3.63, 3.8) is 0 Å². The molecule has 1 saturated heterocycles. The van der Waals surface area contributed by atoms with E-state index in [4.69, 9.17) is 5.73 Å². The van der Waals surface area contributed by atoms with E-state index in [1.165, 1.54) is 0 Å². The quantitative estimate of drug-likeness (QED) is 0.828. The third-order valence-electron chi connectivity index (χ3n) is 3.50. The zero-order valence-corrected chi connectivity index (χ0v) is 10.7. The Balaban J connectivity index is 1.99. The van der Waals surface area contributed by atoms with Crippen molar-refractivity contribution < 1.29 is 9.90 Å². The number of rotatable bonds is 2. The van der Waals surface area contributed by atoms with Gasteiger partial charge in [-0.15, -0.1) is 0 Å². The Morgan fingerprint density at radius 2 is 2.33 bits per heavy atom. The predicted octanol–water partition coefficient (Wildman–Crippen LogP) is 1.27. The summed E-state index contributed by atoms with van der Waals surface area (Å²) in [6.45, 7) is 2.78. The summed E-state index contributed by atoms with van der Waals surface area (Å²) in [6.07, 6.45) is 2.08. The summed E-state index contributed by atoms with van der Waals surface area (Å²) in [5, 5.41) is 9.38. The van der Waals surface area contributed by atoms with Crippen molar-refractivity contribution in [1.82, 2.24) is 4.90 Å². The Morgan fingerprint density at radius 1 is 1.56 bits per heavy atom. The predicted molar refractivity (Wildman–Crippen MR) is 70.2 cm³/mol. The lowest BCUT2D eigenvalue weighted by molar-refractivity contribution is -0.133. The second-order valence-corrected chi connectivity index (χ2v) is 5.07. The number of nitrogens with zero attached hydrogens (tertiary/aromatic N) is 1. The average Bonchev–Trinajstić information content (AvgIpc) is 2.28. The van der Waals surface area contributed by atoms with Crippen molar-refractivity contribution in [3.8, 4) is 5.75 Å². The normalized spacial score (nSPS) is 24.0. The Morgan fingerprint density at radius 3 is 3.00 bits per heavy atom. The number of phenolic OH excluding ortho intramolecular Hbond substituents is 1. The first kappa shape index (κ1) is 12.9. The van der Waals surface area contributed by atoms with Gasteiger partial charge in [-0.1, -0.05) is 12.1 Å². The zero-order valence-electron chi connectivity index (χ0n) is 10.7. The number of carbonyl (C=O) groups is 1. The van der Waals surface area contributed by atoms with E-state index in [0.29, 0.717) is 6.42 Å². The molecule has 1 aliphatic rings. The maximum atomic E-state index is 12.2. The maximum absolute atomic E-state index is 12.2. The Bertz CT molecular complexity index is 434. The second kappa shape index (κ2) is 5.40. The van der Waals surface area contributed by atoms with E-state index in [9.17, 15) is 9.90 Å². The van der Waals surface area contributed by atoms with Crippen LogP contribution in [0.15, 0.2) is 24.3 Å². The van der Waals surface area contributed by atoms with Crippen molar-refractivity contribution in [2.24, 2.45) is 5.73 Å². The largest absolute Gasteiger partial charge is 0.508 e. The molecule has 0 aromatic heterocycles.